The van der Waals surface area contributed by atoms with Crippen molar-refractivity contribution in [2.24, 2.45) is 11.3 Å². The number of likely N-dealkylation sites (tertiary alicyclic amines) is 1. The summed E-state index contributed by atoms with van der Waals surface area (Å²) in [7, 11) is 0. The molecule has 1 saturated carbocycles. The molecule has 2 fully saturated rings. The number of nitrogens with one attached hydrogen (secondary N) is 1. The second-order valence-corrected chi connectivity index (χ2v) is 9.18. The van der Waals surface area contributed by atoms with E-state index in [2.05, 4.69) is 20.4 Å². The van der Waals surface area contributed by atoms with Crippen LogP contribution in [0.3, 0.4) is 0 Å². The number of hydrogen-bond donors (Lipinski definition) is 1. The van der Waals surface area contributed by atoms with Crippen molar-refractivity contribution in [3.63, 3.8) is 0 Å². The summed E-state index contributed by atoms with van der Waals surface area (Å²) < 4.78 is 7.27. The van der Waals surface area contributed by atoms with Gasteiger partial charge in [-0.3, -0.25) is 14.6 Å². The Bertz CT molecular complexity index is 1300. The standard InChI is InChI=1S/C25H24N6O3/c32-23(21-11-18-5-8-26-14-22(18)34-21)28-13-19-12-25(19)6-9-30(10-7-25)24(33)17-1-3-20(4-2-17)31-16-27-15-29-31/h1-5,8,11,14-16,19H,6-7,9-10,12-13H2,(H,28,32). The summed E-state index contributed by atoms with van der Waals surface area (Å²) in [6.07, 6.45) is 9.42. The first kappa shape index (κ1) is 20.6. The predicted molar refractivity (Wildman–Crippen MR) is 123 cm³/mol. The van der Waals surface area contributed by atoms with Gasteiger partial charge in [-0.2, -0.15) is 5.10 Å². The molecule has 1 atom stereocenters. The van der Waals surface area contributed by atoms with Crippen LogP contribution in [0.5, 0.6) is 0 Å². The molecule has 3 aromatic heterocycles. The Labute approximate surface area is 195 Å². The van der Waals surface area contributed by atoms with Gasteiger partial charge in [0.1, 0.15) is 12.7 Å². The number of piperidine rings is 1. The Kier molecular flexibility index (Phi) is 4.90. The zero-order chi connectivity index (χ0) is 23.1. The number of rotatable bonds is 5. The molecule has 172 valence electrons. The normalized spacial score (nSPS) is 18.8. The summed E-state index contributed by atoms with van der Waals surface area (Å²) in [5.74, 6) is 0.625. The SMILES string of the molecule is O=C(NCC1CC12CCN(C(=O)c1ccc(-n3cncn3)cc1)CC2)c1cc2ccncc2o1. The van der Waals surface area contributed by atoms with Gasteiger partial charge in [-0.05, 0) is 67.0 Å². The highest BCUT2D eigenvalue weighted by Gasteiger charge is 2.54. The Hall–Kier alpha value is -4.01. The van der Waals surface area contributed by atoms with Crippen molar-refractivity contribution >= 4 is 22.8 Å². The number of amides is 2. The maximum atomic E-state index is 13.0. The lowest BCUT2D eigenvalue weighted by atomic mass is 9.90. The fourth-order valence-electron chi connectivity index (χ4n) is 5.07. The molecule has 1 aliphatic heterocycles. The average Bonchev–Trinajstić information content (AvgIpc) is 3.26. The van der Waals surface area contributed by atoms with Crippen LogP contribution in [0.2, 0.25) is 0 Å². The molecule has 4 aromatic rings. The molecule has 9 heteroatoms. The third-order valence-corrected chi connectivity index (χ3v) is 7.26. The van der Waals surface area contributed by atoms with Gasteiger partial charge in [-0.25, -0.2) is 9.67 Å². The molecule has 0 radical (unpaired) electrons. The lowest BCUT2D eigenvalue weighted by molar-refractivity contribution is 0.0668. The summed E-state index contributed by atoms with van der Waals surface area (Å²) in [4.78, 5) is 35.4. The summed E-state index contributed by atoms with van der Waals surface area (Å²) in [5, 5.41) is 8.00. The Morgan fingerprint density at radius 3 is 2.68 bits per heavy atom. The number of fused-ring (bicyclic) bond motifs is 1. The van der Waals surface area contributed by atoms with Gasteiger partial charge in [0, 0.05) is 36.8 Å². The third kappa shape index (κ3) is 3.72. The van der Waals surface area contributed by atoms with Gasteiger partial charge in [0.2, 0.25) is 0 Å². The molecule has 1 aliphatic carbocycles. The van der Waals surface area contributed by atoms with E-state index in [4.69, 9.17) is 4.42 Å². The zero-order valence-electron chi connectivity index (χ0n) is 18.6. The van der Waals surface area contributed by atoms with E-state index in [1.807, 2.05) is 35.2 Å². The number of nitrogens with zero attached hydrogens (tertiary/aromatic N) is 5. The molecule has 2 aliphatic rings. The first-order valence-electron chi connectivity index (χ1n) is 11.5. The van der Waals surface area contributed by atoms with E-state index < -0.39 is 0 Å². The molecule has 34 heavy (non-hydrogen) atoms. The van der Waals surface area contributed by atoms with Gasteiger partial charge >= 0.3 is 0 Å². The van der Waals surface area contributed by atoms with Crippen molar-refractivity contribution in [1.82, 2.24) is 30.0 Å². The average molecular weight is 457 g/mol. The molecule has 4 heterocycles. The van der Waals surface area contributed by atoms with Crippen molar-refractivity contribution in [3.05, 3.63) is 72.8 Å². The third-order valence-electron chi connectivity index (χ3n) is 7.26. The Morgan fingerprint density at radius 1 is 1.12 bits per heavy atom. The van der Waals surface area contributed by atoms with Gasteiger partial charge in [0.25, 0.3) is 11.8 Å². The molecule has 0 bridgehead atoms. The first-order valence-corrected chi connectivity index (χ1v) is 11.5. The van der Waals surface area contributed by atoms with Crippen molar-refractivity contribution < 1.29 is 14.0 Å². The first-order chi connectivity index (χ1) is 16.6. The lowest BCUT2D eigenvalue weighted by Crippen LogP contribution is -2.40. The molecule has 1 saturated heterocycles. The van der Waals surface area contributed by atoms with E-state index in [1.165, 1.54) is 6.33 Å². The van der Waals surface area contributed by atoms with Crippen molar-refractivity contribution in [3.8, 4) is 5.69 Å². The minimum Gasteiger partial charge on any atom is -0.449 e. The number of furan rings is 1. The predicted octanol–water partition coefficient (Wildman–Crippen LogP) is 3.08. The number of carbonyl (C=O) groups is 2. The molecule has 6 rings (SSSR count). The molecule has 1 unspecified atom stereocenters. The minimum atomic E-state index is -0.194. The smallest absolute Gasteiger partial charge is 0.287 e. The van der Waals surface area contributed by atoms with Crippen LogP contribution < -0.4 is 5.32 Å². The highest BCUT2D eigenvalue weighted by atomic mass is 16.3. The van der Waals surface area contributed by atoms with Crippen LogP contribution >= 0.6 is 0 Å². The number of benzene rings is 1. The molecular formula is C25H24N6O3. The van der Waals surface area contributed by atoms with Gasteiger partial charge in [-0.15, -0.1) is 0 Å². The van der Waals surface area contributed by atoms with Crippen LogP contribution in [0.4, 0.5) is 0 Å². The summed E-state index contributed by atoms with van der Waals surface area (Å²) in [6, 6.07) is 11.0. The summed E-state index contributed by atoms with van der Waals surface area (Å²) in [6.45, 7) is 2.11. The summed E-state index contributed by atoms with van der Waals surface area (Å²) >= 11 is 0. The molecule has 1 spiro atoms. The van der Waals surface area contributed by atoms with E-state index in [9.17, 15) is 9.59 Å². The second-order valence-electron chi connectivity index (χ2n) is 9.18. The number of aromatic nitrogens is 4. The Morgan fingerprint density at radius 2 is 1.94 bits per heavy atom. The molecular weight excluding hydrogens is 432 g/mol. The van der Waals surface area contributed by atoms with Crippen LogP contribution in [-0.2, 0) is 0 Å². The van der Waals surface area contributed by atoms with Crippen LogP contribution in [0.15, 0.2) is 65.9 Å². The molecule has 2 amide bonds. The highest BCUT2D eigenvalue weighted by molar-refractivity contribution is 5.96. The molecule has 1 N–H and O–H groups in total. The number of carbonyl (C=O) groups excluding carboxylic acids is 2. The van der Waals surface area contributed by atoms with E-state index in [0.717, 1.165) is 43.4 Å². The highest BCUT2D eigenvalue weighted by Crippen LogP contribution is 2.59. The maximum absolute atomic E-state index is 13.0. The van der Waals surface area contributed by atoms with E-state index >= 15 is 0 Å². The van der Waals surface area contributed by atoms with Gasteiger partial charge in [0.15, 0.2) is 11.3 Å². The van der Waals surface area contributed by atoms with Gasteiger partial charge < -0.3 is 14.6 Å². The zero-order valence-corrected chi connectivity index (χ0v) is 18.6. The topological polar surface area (TPSA) is 106 Å². The summed E-state index contributed by atoms with van der Waals surface area (Å²) in [5.41, 5.74) is 2.40. The van der Waals surface area contributed by atoms with Crippen molar-refractivity contribution in [1.29, 1.82) is 0 Å². The van der Waals surface area contributed by atoms with E-state index in [1.54, 1.807) is 29.5 Å². The molecule has 9 nitrogen and oxygen atoms in total. The van der Waals surface area contributed by atoms with Crippen LogP contribution in [0, 0.1) is 11.3 Å². The fourth-order valence-corrected chi connectivity index (χ4v) is 5.07. The van der Waals surface area contributed by atoms with Crippen molar-refractivity contribution in [2.45, 2.75) is 19.3 Å². The number of pyridine rings is 1. The second kappa shape index (κ2) is 8.09. The Balaban J connectivity index is 1.01. The fraction of sp³-hybridized carbons (Fsp3) is 0.320. The van der Waals surface area contributed by atoms with Crippen LogP contribution in [-0.4, -0.2) is 56.1 Å². The van der Waals surface area contributed by atoms with Gasteiger partial charge in [0.05, 0.1) is 11.9 Å². The van der Waals surface area contributed by atoms with Crippen LogP contribution in [0.25, 0.3) is 16.7 Å². The largest absolute Gasteiger partial charge is 0.449 e. The van der Waals surface area contributed by atoms with Crippen molar-refractivity contribution in [2.75, 3.05) is 19.6 Å². The lowest BCUT2D eigenvalue weighted by Gasteiger charge is -2.33. The molecule has 1 aromatic carbocycles. The van der Waals surface area contributed by atoms with E-state index in [0.29, 0.717) is 29.4 Å². The monoisotopic (exact) mass is 456 g/mol. The quantitative estimate of drug-likeness (QED) is 0.495. The van der Waals surface area contributed by atoms with Gasteiger partial charge in [-0.1, -0.05) is 0 Å². The number of hydrogen-bond acceptors (Lipinski definition) is 6. The minimum absolute atomic E-state index is 0.0601. The van der Waals surface area contributed by atoms with Crippen LogP contribution in [0.1, 0.15) is 40.2 Å². The maximum Gasteiger partial charge on any atom is 0.287 e. The van der Waals surface area contributed by atoms with E-state index in [-0.39, 0.29) is 17.2 Å².